The fourth-order valence-electron chi connectivity index (χ4n) is 4.03. The molecule has 1 N–H and O–H groups in total. The van der Waals surface area contributed by atoms with Gasteiger partial charge in [0.15, 0.2) is 5.76 Å². The molecule has 1 aliphatic rings. The van der Waals surface area contributed by atoms with Gasteiger partial charge in [-0.2, -0.15) is 0 Å². The van der Waals surface area contributed by atoms with E-state index in [1.807, 2.05) is 0 Å². The predicted molar refractivity (Wildman–Crippen MR) is 129 cm³/mol. The number of sulfone groups is 1. The number of amides is 1. The highest BCUT2D eigenvalue weighted by Gasteiger charge is 2.26. The van der Waals surface area contributed by atoms with Gasteiger partial charge in [-0.1, -0.05) is 56.3 Å². The Kier molecular flexibility index (Phi) is 7.50. The van der Waals surface area contributed by atoms with E-state index in [9.17, 15) is 13.2 Å². The van der Waals surface area contributed by atoms with Gasteiger partial charge in [-0.25, -0.2) is 8.42 Å². The molecule has 1 aliphatic heterocycles. The van der Waals surface area contributed by atoms with Gasteiger partial charge in [0, 0.05) is 19.6 Å². The zero-order valence-corrected chi connectivity index (χ0v) is 20.3. The van der Waals surface area contributed by atoms with Crippen molar-refractivity contribution in [2.75, 3.05) is 32.8 Å². The maximum Gasteiger partial charge on any atom is 0.287 e. The second kappa shape index (κ2) is 10.5. The second-order valence-corrected chi connectivity index (χ2v) is 10.5. The van der Waals surface area contributed by atoms with Crippen LogP contribution < -0.4 is 5.32 Å². The van der Waals surface area contributed by atoms with E-state index in [1.165, 1.54) is 29.8 Å². The summed E-state index contributed by atoms with van der Waals surface area (Å²) in [5.74, 6) is -0.0483. The van der Waals surface area contributed by atoms with Crippen LogP contribution in [-0.4, -0.2) is 52.1 Å². The van der Waals surface area contributed by atoms with E-state index >= 15 is 0 Å². The van der Waals surface area contributed by atoms with Gasteiger partial charge in [-0.3, -0.25) is 9.69 Å². The molecule has 0 bridgehead atoms. The van der Waals surface area contributed by atoms with Crippen LogP contribution in [0.2, 0.25) is 0 Å². The van der Waals surface area contributed by atoms with Gasteiger partial charge in [0.1, 0.15) is 0 Å². The highest BCUT2D eigenvalue weighted by molar-refractivity contribution is 7.91. The molecule has 3 aromatic rings. The molecule has 1 saturated heterocycles. The Morgan fingerprint density at radius 3 is 2.24 bits per heavy atom. The maximum absolute atomic E-state index is 12.8. The maximum atomic E-state index is 12.8. The first-order valence-electron chi connectivity index (χ1n) is 11.5. The number of carbonyl (C=O) groups is 1. The Hall–Kier alpha value is -2.94. The fourth-order valence-corrected chi connectivity index (χ4v) is 5.22. The molecule has 1 aromatic heterocycles. The van der Waals surface area contributed by atoms with Gasteiger partial charge in [-0.15, -0.1) is 0 Å². The van der Waals surface area contributed by atoms with Gasteiger partial charge in [0.25, 0.3) is 5.91 Å². The molecule has 34 heavy (non-hydrogen) atoms. The second-order valence-electron chi connectivity index (χ2n) is 8.63. The van der Waals surface area contributed by atoms with E-state index in [1.54, 1.807) is 18.2 Å². The Bertz CT molecular complexity index is 1200. The molecule has 7 nitrogen and oxygen atoms in total. The highest BCUT2D eigenvalue weighted by Crippen LogP contribution is 2.25. The minimum absolute atomic E-state index is 0.0310. The third-order valence-corrected chi connectivity index (χ3v) is 7.70. The third-order valence-electron chi connectivity index (χ3n) is 6.05. The van der Waals surface area contributed by atoms with Crippen LogP contribution >= 0.6 is 0 Å². The van der Waals surface area contributed by atoms with Crippen LogP contribution in [0.25, 0.3) is 0 Å². The van der Waals surface area contributed by atoms with Crippen molar-refractivity contribution < 1.29 is 22.4 Å². The smallest absolute Gasteiger partial charge is 0.287 e. The van der Waals surface area contributed by atoms with E-state index in [0.717, 1.165) is 18.7 Å². The van der Waals surface area contributed by atoms with Crippen LogP contribution in [0.15, 0.2) is 81.1 Å². The van der Waals surface area contributed by atoms with Crippen molar-refractivity contribution >= 4 is 15.7 Å². The van der Waals surface area contributed by atoms with Gasteiger partial charge in [-0.05, 0) is 41.3 Å². The van der Waals surface area contributed by atoms with Crippen LogP contribution in [0.4, 0.5) is 0 Å². The Morgan fingerprint density at radius 1 is 0.941 bits per heavy atom. The van der Waals surface area contributed by atoms with Crippen molar-refractivity contribution in [3.8, 4) is 0 Å². The summed E-state index contributed by atoms with van der Waals surface area (Å²) >= 11 is 0. The molecule has 2 aromatic carbocycles. The van der Waals surface area contributed by atoms with Crippen LogP contribution in [0.1, 0.15) is 47.5 Å². The van der Waals surface area contributed by atoms with Gasteiger partial charge in [0.2, 0.25) is 14.9 Å². The zero-order chi connectivity index (χ0) is 24.1. The number of carbonyl (C=O) groups excluding carboxylic acids is 1. The molecule has 0 saturated carbocycles. The molecule has 2 heterocycles. The molecule has 180 valence electrons. The zero-order valence-electron chi connectivity index (χ0n) is 19.4. The standard InChI is InChI=1S/C26H30N2O5S/c1-19(2)20-8-10-21(11-9-20)23(28-14-16-32-17-15-28)18-27-26(29)24-12-13-25(33-24)34(30,31)22-6-4-3-5-7-22/h3-13,19,23H,14-18H2,1-2H3,(H,27,29). The largest absolute Gasteiger partial charge is 0.439 e. The lowest BCUT2D eigenvalue weighted by Gasteiger charge is -2.35. The molecular formula is C26H30N2O5S. The van der Waals surface area contributed by atoms with Crippen molar-refractivity contribution in [1.29, 1.82) is 0 Å². The van der Waals surface area contributed by atoms with E-state index < -0.39 is 15.7 Å². The van der Waals surface area contributed by atoms with Gasteiger partial charge in [0.05, 0.1) is 24.2 Å². The summed E-state index contributed by atoms with van der Waals surface area (Å²) in [5, 5.41) is 2.67. The predicted octanol–water partition coefficient (Wildman–Crippen LogP) is 4.04. The van der Waals surface area contributed by atoms with E-state index in [-0.39, 0.29) is 21.8 Å². The van der Waals surface area contributed by atoms with Crippen molar-refractivity contribution in [2.45, 2.75) is 35.8 Å². The number of benzene rings is 2. The monoisotopic (exact) mass is 482 g/mol. The van der Waals surface area contributed by atoms with Crippen LogP contribution in [0, 0.1) is 0 Å². The SMILES string of the molecule is CC(C)c1ccc(C(CNC(=O)c2ccc(S(=O)(=O)c3ccccc3)o2)N2CCOCC2)cc1. The summed E-state index contributed by atoms with van der Waals surface area (Å²) in [7, 11) is -3.82. The first-order chi connectivity index (χ1) is 16.4. The molecule has 8 heteroatoms. The quantitative estimate of drug-likeness (QED) is 0.521. The summed E-state index contributed by atoms with van der Waals surface area (Å²) in [5.41, 5.74) is 2.37. The van der Waals surface area contributed by atoms with E-state index in [2.05, 4.69) is 48.3 Å². The highest BCUT2D eigenvalue weighted by atomic mass is 32.2. The van der Waals surface area contributed by atoms with Crippen molar-refractivity contribution in [1.82, 2.24) is 10.2 Å². The number of ether oxygens (including phenoxy) is 1. The molecule has 1 amide bonds. The summed E-state index contributed by atoms with van der Waals surface area (Å²) in [6.07, 6.45) is 0. The molecule has 0 radical (unpaired) electrons. The number of hydrogen-bond donors (Lipinski definition) is 1. The lowest BCUT2D eigenvalue weighted by atomic mass is 9.98. The topological polar surface area (TPSA) is 88.8 Å². The summed E-state index contributed by atoms with van der Waals surface area (Å²) in [6.45, 7) is 7.51. The minimum atomic E-state index is -3.82. The summed E-state index contributed by atoms with van der Waals surface area (Å²) in [4.78, 5) is 15.3. The fraction of sp³-hybridized carbons (Fsp3) is 0.346. The molecular weight excluding hydrogens is 452 g/mol. The number of rotatable bonds is 8. The minimum Gasteiger partial charge on any atom is -0.439 e. The number of nitrogens with zero attached hydrogens (tertiary/aromatic N) is 1. The molecule has 1 atom stereocenters. The Balaban J connectivity index is 1.49. The molecule has 0 spiro atoms. The van der Waals surface area contributed by atoms with E-state index in [4.69, 9.17) is 9.15 Å². The first kappa shape index (κ1) is 24.2. The van der Waals surface area contributed by atoms with Gasteiger partial charge < -0.3 is 14.5 Å². The van der Waals surface area contributed by atoms with Crippen molar-refractivity contribution in [3.05, 3.63) is 83.6 Å². The Morgan fingerprint density at radius 2 is 1.59 bits per heavy atom. The van der Waals surface area contributed by atoms with Crippen molar-refractivity contribution in [2.24, 2.45) is 0 Å². The normalized spacial score (nSPS) is 15.9. The van der Waals surface area contributed by atoms with Crippen LogP contribution in [0.3, 0.4) is 0 Å². The number of hydrogen-bond acceptors (Lipinski definition) is 6. The molecule has 0 aliphatic carbocycles. The first-order valence-corrected chi connectivity index (χ1v) is 12.9. The Labute approximate surface area is 200 Å². The average molecular weight is 483 g/mol. The van der Waals surface area contributed by atoms with Crippen LogP contribution in [-0.2, 0) is 14.6 Å². The lowest BCUT2D eigenvalue weighted by molar-refractivity contribution is 0.0161. The third kappa shape index (κ3) is 5.41. The number of furan rings is 1. The van der Waals surface area contributed by atoms with E-state index in [0.29, 0.717) is 25.7 Å². The van der Waals surface area contributed by atoms with Crippen molar-refractivity contribution in [3.63, 3.8) is 0 Å². The lowest BCUT2D eigenvalue weighted by Crippen LogP contribution is -2.43. The molecule has 1 unspecified atom stereocenters. The average Bonchev–Trinajstić information content (AvgIpc) is 3.37. The summed E-state index contributed by atoms with van der Waals surface area (Å²) < 4.78 is 36.5. The molecule has 4 rings (SSSR count). The van der Waals surface area contributed by atoms with Crippen LogP contribution in [0.5, 0.6) is 0 Å². The molecule has 1 fully saturated rings. The summed E-state index contributed by atoms with van der Waals surface area (Å²) in [6, 6.07) is 19.2. The van der Waals surface area contributed by atoms with Gasteiger partial charge >= 0.3 is 0 Å². The number of morpholine rings is 1. The number of nitrogens with one attached hydrogen (secondary N) is 1.